The summed E-state index contributed by atoms with van der Waals surface area (Å²) in [4.78, 5) is 12.5. The zero-order valence-electron chi connectivity index (χ0n) is 14.6. The third kappa shape index (κ3) is 3.99. The van der Waals surface area contributed by atoms with Crippen LogP contribution in [0.2, 0.25) is 0 Å². The van der Waals surface area contributed by atoms with Crippen LogP contribution < -0.4 is 25.6 Å². The summed E-state index contributed by atoms with van der Waals surface area (Å²) in [6.45, 7) is 7.51. The van der Waals surface area contributed by atoms with Crippen LogP contribution in [-0.2, 0) is 4.79 Å². The Morgan fingerprint density at radius 3 is 2.71 bits per heavy atom. The Morgan fingerprint density at radius 1 is 1.21 bits per heavy atom. The van der Waals surface area contributed by atoms with E-state index in [1.807, 2.05) is 25.1 Å². The van der Waals surface area contributed by atoms with E-state index in [0.29, 0.717) is 25.2 Å². The lowest BCUT2D eigenvalue weighted by Gasteiger charge is -2.22. The Balaban J connectivity index is 1.56. The number of hydrogen-bond acceptors (Lipinski definition) is 5. The fourth-order valence-electron chi connectivity index (χ4n) is 3.24. The second-order valence-corrected chi connectivity index (χ2v) is 7.04. The van der Waals surface area contributed by atoms with Gasteiger partial charge in [0.25, 0.3) is 0 Å². The molecule has 6 nitrogen and oxygen atoms in total. The van der Waals surface area contributed by atoms with Gasteiger partial charge in [-0.1, -0.05) is 19.9 Å². The molecule has 1 amide bonds. The van der Waals surface area contributed by atoms with Gasteiger partial charge in [0.2, 0.25) is 5.91 Å². The Labute approximate surface area is 143 Å². The predicted octanol–water partition coefficient (Wildman–Crippen LogP) is 1.92. The van der Waals surface area contributed by atoms with Crippen molar-refractivity contribution < 1.29 is 14.3 Å². The number of benzene rings is 1. The maximum Gasteiger partial charge on any atom is 0.239 e. The molecule has 1 saturated heterocycles. The summed E-state index contributed by atoms with van der Waals surface area (Å²) in [6.07, 6.45) is 1.88. The molecule has 1 aromatic carbocycles. The molecule has 2 aliphatic heterocycles. The molecule has 0 saturated carbocycles. The van der Waals surface area contributed by atoms with E-state index in [-0.39, 0.29) is 18.0 Å². The maximum absolute atomic E-state index is 12.5. The molecule has 3 unspecified atom stereocenters. The number of hydrogen-bond donors (Lipinski definition) is 3. The Kier molecular flexibility index (Phi) is 5.26. The monoisotopic (exact) mass is 333 g/mol. The molecule has 0 spiro atoms. The number of nitrogens with one attached hydrogen (secondary N) is 3. The normalized spacial score (nSPS) is 24.0. The van der Waals surface area contributed by atoms with E-state index in [1.165, 1.54) is 0 Å². The summed E-state index contributed by atoms with van der Waals surface area (Å²) < 4.78 is 11.1. The lowest BCUT2D eigenvalue weighted by atomic mass is 9.99. The molecule has 6 heteroatoms. The smallest absolute Gasteiger partial charge is 0.239 e. The van der Waals surface area contributed by atoms with E-state index < -0.39 is 0 Å². The highest BCUT2D eigenvalue weighted by atomic mass is 16.6. The summed E-state index contributed by atoms with van der Waals surface area (Å²) in [7, 11) is 0. The van der Waals surface area contributed by atoms with Crippen molar-refractivity contribution in [2.24, 2.45) is 5.92 Å². The van der Waals surface area contributed by atoms with Crippen molar-refractivity contribution >= 4 is 5.91 Å². The van der Waals surface area contributed by atoms with Crippen molar-refractivity contribution in [2.75, 3.05) is 13.2 Å². The first-order chi connectivity index (χ1) is 11.5. The van der Waals surface area contributed by atoms with Crippen LogP contribution in [0.1, 0.15) is 45.2 Å². The largest absolute Gasteiger partial charge is 0.486 e. The number of amides is 1. The highest BCUT2D eigenvalue weighted by Crippen LogP contribution is 2.32. The molecule has 0 aromatic heterocycles. The first-order valence-corrected chi connectivity index (χ1v) is 8.74. The Bertz CT molecular complexity index is 591. The third-order valence-electron chi connectivity index (χ3n) is 4.48. The minimum absolute atomic E-state index is 0.0242. The maximum atomic E-state index is 12.5. The third-order valence-corrected chi connectivity index (χ3v) is 4.48. The van der Waals surface area contributed by atoms with E-state index in [2.05, 4.69) is 30.0 Å². The van der Waals surface area contributed by atoms with Crippen LogP contribution in [-0.4, -0.2) is 31.2 Å². The van der Waals surface area contributed by atoms with E-state index >= 15 is 0 Å². The molecule has 132 valence electrons. The van der Waals surface area contributed by atoms with Gasteiger partial charge in [-0.3, -0.25) is 10.2 Å². The summed E-state index contributed by atoms with van der Waals surface area (Å²) in [5.74, 6) is 2.15. The number of carbonyl (C=O) groups is 1. The summed E-state index contributed by atoms with van der Waals surface area (Å²) in [5.41, 5.74) is 7.35. The van der Waals surface area contributed by atoms with Gasteiger partial charge in [-0.15, -0.1) is 0 Å². The van der Waals surface area contributed by atoms with Crippen LogP contribution in [0.25, 0.3) is 0 Å². The van der Waals surface area contributed by atoms with Gasteiger partial charge >= 0.3 is 0 Å². The number of rotatable bonds is 5. The van der Waals surface area contributed by atoms with Gasteiger partial charge in [0.05, 0.1) is 6.04 Å². The van der Waals surface area contributed by atoms with Gasteiger partial charge in [-0.25, -0.2) is 5.43 Å². The van der Waals surface area contributed by atoms with Gasteiger partial charge in [-0.2, -0.15) is 0 Å². The Hall–Kier alpha value is -1.79. The van der Waals surface area contributed by atoms with E-state index in [1.54, 1.807) is 0 Å². The minimum atomic E-state index is -0.187. The minimum Gasteiger partial charge on any atom is -0.486 e. The number of ether oxygens (including phenoxy) is 2. The first-order valence-electron chi connectivity index (χ1n) is 8.74. The molecule has 3 atom stereocenters. The van der Waals surface area contributed by atoms with Crippen LogP contribution >= 0.6 is 0 Å². The summed E-state index contributed by atoms with van der Waals surface area (Å²) >= 11 is 0. The van der Waals surface area contributed by atoms with Crippen LogP contribution in [0.3, 0.4) is 0 Å². The number of fused-ring (bicyclic) bond motifs is 1. The molecular weight excluding hydrogens is 306 g/mol. The van der Waals surface area contributed by atoms with Crippen LogP contribution in [0.15, 0.2) is 18.2 Å². The lowest BCUT2D eigenvalue weighted by molar-refractivity contribution is -0.123. The summed E-state index contributed by atoms with van der Waals surface area (Å²) in [5, 5.41) is 3.08. The van der Waals surface area contributed by atoms with Crippen molar-refractivity contribution in [2.45, 2.75) is 51.7 Å². The molecule has 24 heavy (non-hydrogen) atoms. The molecule has 2 heterocycles. The topological polar surface area (TPSA) is 71.6 Å². The summed E-state index contributed by atoms with van der Waals surface area (Å²) in [6, 6.07) is 5.90. The average molecular weight is 333 g/mol. The molecule has 0 aliphatic carbocycles. The number of carbonyl (C=O) groups excluding carboxylic acids is 1. The van der Waals surface area contributed by atoms with Gasteiger partial charge in [0, 0.05) is 6.04 Å². The van der Waals surface area contributed by atoms with Crippen LogP contribution in [0.4, 0.5) is 0 Å². The molecular formula is C18H27N3O3. The molecule has 0 bridgehead atoms. The lowest BCUT2D eigenvalue weighted by Crippen LogP contribution is -2.44. The molecule has 3 N–H and O–H groups in total. The molecule has 1 fully saturated rings. The van der Waals surface area contributed by atoms with Crippen molar-refractivity contribution in [1.82, 2.24) is 16.2 Å². The van der Waals surface area contributed by atoms with Crippen molar-refractivity contribution in [3.8, 4) is 11.5 Å². The number of hydrazine groups is 1. The van der Waals surface area contributed by atoms with Gasteiger partial charge in [0.15, 0.2) is 11.5 Å². The highest BCUT2D eigenvalue weighted by Gasteiger charge is 2.30. The second-order valence-electron chi connectivity index (χ2n) is 7.04. The van der Waals surface area contributed by atoms with Crippen molar-refractivity contribution in [3.05, 3.63) is 23.8 Å². The van der Waals surface area contributed by atoms with Crippen molar-refractivity contribution in [1.29, 1.82) is 0 Å². The van der Waals surface area contributed by atoms with Gasteiger partial charge in [-0.05, 0) is 43.4 Å². The van der Waals surface area contributed by atoms with Gasteiger partial charge < -0.3 is 14.8 Å². The second kappa shape index (κ2) is 7.40. The van der Waals surface area contributed by atoms with E-state index in [4.69, 9.17) is 9.47 Å². The van der Waals surface area contributed by atoms with E-state index in [9.17, 15) is 4.79 Å². The highest BCUT2D eigenvalue weighted by molar-refractivity contribution is 5.82. The molecule has 0 radical (unpaired) electrons. The van der Waals surface area contributed by atoms with Crippen LogP contribution in [0.5, 0.6) is 11.5 Å². The molecule has 1 aromatic rings. The fraction of sp³-hybridized carbons (Fsp3) is 0.611. The SMILES string of the molecule is CC(C)CC1CC(C(=O)NC(C)c2ccc3c(c2)OCCO3)NN1. The fourth-order valence-corrected chi connectivity index (χ4v) is 3.24. The standard InChI is InChI=1S/C18H27N3O3/c1-11(2)8-14-10-15(21-20-14)18(22)19-12(3)13-4-5-16-17(9-13)24-7-6-23-16/h4-5,9,11-12,14-15,20-21H,6-8,10H2,1-3H3,(H,19,22). The van der Waals surface area contributed by atoms with E-state index in [0.717, 1.165) is 29.9 Å². The van der Waals surface area contributed by atoms with Crippen LogP contribution in [0, 0.1) is 5.92 Å². The first kappa shape index (κ1) is 17.0. The predicted molar refractivity (Wildman–Crippen MR) is 91.9 cm³/mol. The average Bonchev–Trinajstić information content (AvgIpc) is 3.02. The Morgan fingerprint density at radius 2 is 1.96 bits per heavy atom. The zero-order chi connectivity index (χ0) is 17.1. The van der Waals surface area contributed by atoms with Crippen molar-refractivity contribution in [3.63, 3.8) is 0 Å². The van der Waals surface area contributed by atoms with Gasteiger partial charge in [0.1, 0.15) is 19.3 Å². The zero-order valence-corrected chi connectivity index (χ0v) is 14.6. The molecule has 2 aliphatic rings. The quantitative estimate of drug-likeness (QED) is 0.768. The molecule has 3 rings (SSSR count).